The molecule has 0 saturated carbocycles. The molecule has 0 unspecified atom stereocenters. The molecular weight excluding hydrogens is 548 g/mol. The highest BCUT2D eigenvalue weighted by Gasteiger charge is 2.33. The van der Waals surface area contributed by atoms with Crippen LogP contribution in [0.4, 0.5) is 0 Å². The molecule has 140 valence electrons. The quantitative estimate of drug-likeness (QED) is 0.339. The largest absolute Gasteiger partial charge is 0.274 e. The Morgan fingerprint density at radius 1 is 0.857 bits per heavy atom. The first-order chi connectivity index (χ1) is 13.5. The van der Waals surface area contributed by atoms with Crippen LogP contribution in [-0.4, -0.2) is 16.6 Å². The van der Waals surface area contributed by atoms with Crippen molar-refractivity contribution in [1.82, 2.24) is 5.01 Å². The molecule has 28 heavy (non-hydrogen) atoms. The lowest BCUT2D eigenvalue weighted by Gasteiger charge is -2.22. The second-order valence-electron chi connectivity index (χ2n) is 6.49. The maximum atomic E-state index is 13.2. The van der Waals surface area contributed by atoms with Crippen molar-refractivity contribution in [1.29, 1.82) is 0 Å². The van der Waals surface area contributed by atoms with Crippen molar-refractivity contribution in [2.75, 3.05) is 0 Å². The van der Waals surface area contributed by atoms with Gasteiger partial charge in [-0.2, -0.15) is 5.10 Å². The zero-order chi connectivity index (χ0) is 19.7. The number of halogens is 3. The molecule has 1 aliphatic rings. The van der Waals surface area contributed by atoms with Crippen LogP contribution in [0.25, 0.3) is 0 Å². The molecule has 0 fully saturated rings. The van der Waals surface area contributed by atoms with Crippen molar-refractivity contribution in [2.24, 2.45) is 5.10 Å². The molecule has 1 atom stereocenters. The van der Waals surface area contributed by atoms with Crippen LogP contribution < -0.4 is 0 Å². The lowest BCUT2D eigenvalue weighted by Crippen LogP contribution is -2.27. The normalized spacial score (nSPS) is 16.2. The van der Waals surface area contributed by atoms with Gasteiger partial charge in [-0.3, -0.25) is 4.79 Å². The van der Waals surface area contributed by atoms with Gasteiger partial charge in [0, 0.05) is 25.4 Å². The van der Waals surface area contributed by atoms with Gasteiger partial charge >= 0.3 is 0 Å². The summed E-state index contributed by atoms with van der Waals surface area (Å²) in [5.74, 6) is -0.107. The van der Waals surface area contributed by atoms with E-state index < -0.39 is 0 Å². The molecule has 0 bridgehead atoms. The highest BCUT2D eigenvalue weighted by Crippen LogP contribution is 2.35. The summed E-state index contributed by atoms with van der Waals surface area (Å²) in [6, 6.07) is 23.3. The van der Waals surface area contributed by atoms with Crippen LogP contribution in [0.1, 0.15) is 33.9 Å². The van der Waals surface area contributed by atoms with Crippen LogP contribution in [0.3, 0.4) is 0 Å². The van der Waals surface area contributed by atoms with E-state index in [4.69, 9.17) is 5.10 Å². The molecule has 3 nitrogen and oxygen atoms in total. The third kappa shape index (κ3) is 4.14. The molecule has 0 spiro atoms. The van der Waals surface area contributed by atoms with Gasteiger partial charge < -0.3 is 0 Å². The van der Waals surface area contributed by atoms with E-state index in [-0.39, 0.29) is 11.9 Å². The summed E-state index contributed by atoms with van der Waals surface area (Å²) in [4.78, 5) is 13.2. The standard InChI is InChI=1S/C22H15Br3N2O/c23-17-8-4-14(5-9-17)20-13-21(16-2-1-3-19(25)12-16)27(26-20)22(28)15-6-10-18(24)11-7-15/h1-12,21H,13H2/t21-/m0/s1. The minimum atomic E-state index is -0.146. The van der Waals surface area contributed by atoms with Gasteiger partial charge in [0.05, 0.1) is 11.8 Å². The van der Waals surface area contributed by atoms with Crippen molar-refractivity contribution < 1.29 is 4.79 Å². The van der Waals surface area contributed by atoms with Crippen LogP contribution in [0, 0.1) is 0 Å². The number of nitrogens with zero attached hydrogens (tertiary/aromatic N) is 2. The Balaban J connectivity index is 1.73. The van der Waals surface area contributed by atoms with Crippen molar-refractivity contribution in [3.05, 3.63) is 103 Å². The Morgan fingerprint density at radius 2 is 1.50 bits per heavy atom. The molecule has 1 heterocycles. The van der Waals surface area contributed by atoms with Crippen LogP contribution in [0.2, 0.25) is 0 Å². The van der Waals surface area contributed by atoms with E-state index in [1.807, 2.05) is 72.8 Å². The van der Waals surface area contributed by atoms with Crippen molar-refractivity contribution in [3.63, 3.8) is 0 Å². The van der Waals surface area contributed by atoms with Gasteiger partial charge in [0.25, 0.3) is 5.91 Å². The first-order valence-electron chi connectivity index (χ1n) is 8.69. The van der Waals surface area contributed by atoms with E-state index in [2.05, 4.69) is 47.8 Å². The van der Waals surface area contributed by atoms with Gasteiger partial charge in [-0.1, -0.05) is 72.1 Å². The fourth-order valence-electron chi connectivity index (χ4n) is 3.21. The first kappa shape index (κ1) is 19.6. The number of amides is 1. The van der Waals surface area contributed by atoms with Crippen LogP contribution in [-0.2, 0) is 0 Å². The summed E-state index contributed by atoms with van der Waals surface area (Å²) in [5, 5.41) is 6.35. The van der Waals surface area contributed by atoms with Crippen LogP contribution in [0.5, 0.6) is 0 Å². The second kappa shape index (κ2) is 8.31. The number of carbonyl (C=O) groups excluding carboxylic acids is 1. The highest BCUT2D eigenvalue weighted by atomic mass is 79.9. The SMILES string of the molecule is O=C(c1ccc(Br)cc1)N1N=C(c2ccc(Br)cc2)C[C@H]1c1cccc(Br)c1. The summed E-state index contributed by atoms with van der Waals surface area (Å²) in [7, 11) is 0. The van der Waals surface area contributed by atoms with Crippen molar-refractivity contribution >= 4 is 59.4 Å². The fourth-order valence-corrected chi connectivity index (χ4v) is 4.16. The molecule has 0 radical (unpaired) electrons. The monoisotopic (exact) mass is 560 g/mol. The second-order valence-corrected chi connectivity index (χ2v) is 9.23. The first-order valence-corrected chi connectivity index (χ1v) is 11.1. The summed E-state index contributed by atoms with van der Waals surface area (Å²) in [6.07, 6.45) is 0.667. The number of rotatable bonds is 3. The van der Waals surface area contributed by atoms with Crippen LogP contribution in [0.15, 0.2) is 91.3 Å². The van der Waals surface area contributed by atoms with E-state index >= 15 is 0 Å². The van der Waals surface area contributed by atoms with E-state index in [9.17, 15) is 4.79 Å². The molecule has 0 saturated heterocycles. The molecule has 0 N–H and O–H groups in total. The van der Waals surface area contributed by atoms with Gasteiger partial charge in [0.2, 0.25) is 0 Å². The smallest absolute Gasteiger partial charge is 0.267 e. The molecule has 0 aromatic heterocycles. The molecule has 1 amide bonds. The average Bonchev–Trinajstić information content (AvgIpc) is 3.14. The lowest BCUT2D eigenvalue weighted by atomic mass is 9.98. The minimum Gasteiger partial charge on any atom is -0.267 e. The Morgan fingerprint density at radius 3 is 2.14 bits per heavy atom. The molecular formula is C22H15Br3N2O. The van der Waals surface area contributed by atoms with Gasteiger partial charge in [-0.05, 0) is 59.7 Å². The molecule has 3 aromatic rings. The third-order valence-electron chi connectivity index (χ3n) is 4.62. The van der Waals surface area contributed by atoms with Gasteiger partial charge in [-0.25, -0.2) is 5.01 Å². The van der Waals surface area contributed by atoms with E-state index in [0.717, 1.165) is 30.3 Å². The van der Waals surface area contributed by atoms with Gasteiger partial charge in [0.1, 0.15) is 0 Å². The number of benzene rings is 3. The lowest BCUT2D eigenvalue weighted by molar-refractivity contribution is 0.0711. The fraction of sp³-hybridized carbons (Fsp3) is 0.0909. The Hall–Kier alpha value is -1.76. The zero-order valence-electron chi connectivity index (χ0n) is 14.6. The average molecular weight is 563 g/mol. The molecule has 3 aromatic carbocycles. The van der Waals surface area contributed by atoms with E-state index in [1.54, 1.807) is 5.01 Å². The molecule has 1 aliphatic heterocycles. The van der Waals surface area contributed by atoms with Gasteiger partial charge in [-0.15, -0.1) is 0 Å². The predicted octanol–water partition coefficient (Wildman–Crippen LogP) is 6.97. The summed E-state index contributed by atoms with van der Waals surface area (Å²) >= 11 is 10.4. The number of hydrogen-bond donors (Lipinski definition) is 0. The Bertz CT molecular complexity index is 1050. The van der Waals surface area contributed by atoms with Crippen molar-refractivity contribution in [2.45, 2.75) is 12.5 Å². The Kier molecular flexibility index (Phi) is 5.80. The summed E-state index contributed by atoms with van der Waals surface area (Å²) in [6.45, 7) is 0. The highest BCUT2D eigenvalue weighted by molar-refractivity contribution is 9.11. The van der Waals surface area contributed by atoms with Gasteiger partial charge in [0.15, 0.2) is 0 Å². The van der Waals surface area contributed by atoms with Crippen LogP contribution >= 0.6 is 47.8 Å². The van der Waals surface area contributed by atoms with E-state index in [1.165, 1.54) is 0 Å². The van der Waals surface area contributed by atoms with Crippen molar-refractivity contribution in [3.8, 4) is 0 Å². The number of hydrogen-bond acceptors (Lipinski definition) is 2. The topological polar surface area (TPSA) is 32.7 Å². The minimum absolute atomic E-state index is 0.107. The third-order valence-corrected chi connectivity index (χ3v) is 6.17. The van der Waals surface area contributed by atoms with E-state index in [0.29, 0.717) is 12.0 Å². The summed E-state index contributed by atoms with van der Waals surface area (Å²) in [5.41, 5.74) is 3.59. The maximum absolute atomic E-state index is 13.2. The summed E-state index contributed by atoms with van der Waals surface area (Å²) < 4.78 is 2.94. The predicted molar refractivity (Wildman–Crippen MR) is 122 cm³/mol. The number of hydrazone groups is 1. The maximum Gasteiger partial charge on any atom is 0.274 e. The molecule has 6 heteroatoms. The number of carbonyl (C=O) groups is 1. The molecule has 0 aliphatic carbocycles. The zero-order valence-corrected chi connectivity index (χ0v) is 19.4. The Labute approximate surface area is 188 Å². The molecule has 4 rings (SSSR count).